The van der Waals surface area contributed by atoms with E-state index in [1.165, 1.54) is 0 Å². The zero-order valence-electron chi connectivity index (χ0n) is 18.3. The molecule has 1 saturated heterocycles. The van der Waals surface area contributed by atoms with Crippen molar-refractivity contribution >= 4 is 12.1 Å². The van der Waals surface area contributed by atoms with Gasteiger partial charge < -0.3 is 19.5 Å². The summed E-state index contributed by atoms with van der Waals surface area (Å²) in [7, 11) is 1.75. The first-order valence-electron chi connectivity index (χ1n) is 11.2. The maximum atomic E-state index is 12.3. The Morgan fingerprint density at radius 2 is 1.97 bits per heavy atom. The lowest BCUT2D eigenvalue weighted by Gasteiger charge is -2.27. The van der Waals surface area contributed by atoms with Gasteiger partial charge >= 0.3 is 12.1 Å². The van der Waals surface area contributed by atoms with E-state index in [0.29, 0.717) is 35.7 Å². The van der Waals surface area contributed by atoms with E-state index in [9.17, 15) is 14.7 Å². The molecular formula is C22H29N5O5. The van der Waals surface area contributed by atoms with Gasteiger partial charge in [-0.3, -0.25) is 9.78 Å². The number of amides is 1. The molecule has 2 atom stereocenters. The van der Waals surface area contributed by atoms with Crippen molar-refractivity contribution in [2.45, 2.75) is 57.7 Å². The van der Waals surface area contributed by atoms with Crippen LogP contribution in [0, 0.1) is 5.92 Å². The summed E-state index contributed by atoms with van der Waals surface area (Å²) in [6, 6.07) is 3.58. The third-order valence-electron chi connectivity index (χ3n) is 6.15. The van der Waals surface area contributed by atoms with E-state index < -0.39 is 5.97 Å². The van der Waals surface area contributed by atoms with Crippen molar-refractivity contribution in [3.05, 3.63) is 24.0 Å². The van der Waals surface area contributed by atoms with Crippen LogP contribution in [0.2, 0.25) is 0 Å². The van der Waals surface area contributed by atoms with Gasteiger partial charge in [-0.15, -0.1) is 5.10 Å². The van der Waals surface area contributed by atoms with E-state index in [1.54, 1.807) is 35.0 Å². The summed E-state index contributed by atoms with van der Waals surface area (Å²) in [6.45, 7) is 1.52. The molecule has 2 aromatic rings. The number of aliphatic carboxylic acids is 1. The summed E-state index contributed by atoms with van der Waals surface area (Å²) >= 11 is 0. The maximum absolute atomic E-state index is 12.3. The topological polar surface area (TPSA) is 120 Å². The number of rotatable bonds is 6. The van der Waals surface area contributed by atoms with Crippen molar-refractivity contribution in [1.29, 1.82) is 0 Å². The SMILES string of the molecule is Cn1nnc(-c2ccc(O[C@H]3CCC[C@H](C(=O)O)C3)cn2)c1COC(=O)N1CCCCC1. The van der Waals surface area contributed by atoms with Crippen LogP contribution in [0.4, 0.5) is 4.79 Å². The number of hydrogen-bond donors (Lipinski definition) is 1. The average Bonchev–Trinajstić information content (AvgIpc) is 3.19. The first-order chi connectivity index (χ1) is 15.5. The molecular weight excluding hydrogens is 414 g/mol. The van der Waals surface area contributed by atoms with Gasteiger partial charge in [0.2, 0.25) is 0 Å². The Bertz CT molecular complexity index is 939. The predicted molar refractivity (Wildman–Crippen MR) is 114 cm³/mol. The molecule has 1 amide bonds. The molecule has 1 saturated carbocycles. The molecule has 1 aliphatic heterocycles. The molecule has 2 fully saturated rings. The number of aromatic nitrogens is 4. The first kappa shape index (κ1) is 22.0. The smallest absolute Gasteiger partial charge is 0.410 e. The monoisotopic (exact) mass is 443 g/mol. The van der Waals surface area contributed by atoms with Gasteiger partial charge in [-0.1, -0.05) is 5.21 Å². The van der Waals surface area contributed by atoms with E-state index in [0.717, 1.165) is 45.2 Å². The molecule has 0 unspecified atom stereocenters. The Labute approximate surface area is 186 Å². The van der Waals surface area contributed by atoms with Crippen molar-refractivity contribution in [3.63, 3.8) is 0 Å². The highest BCUT2D eigenvalue weighted by molar-refractivity contribution is 5.70. The fourth-order valence-corrected chi connectivity index (χ4v) is 4.29. The number of likely N-dealkylation sites (tertiary alicyclic amines) is 1. The molecule has 4 rings (SSSR count). The number of carbonyl (C=O) groups excluding carboxylic acids is 1. The molecule has 1 N–H and O–H groups in total. The summed E-state index contributed by atoms with van der Waals surface area (Å²) in [5.74, 6) is -0.523. The van der Waals surface area contributed by atoms with Gasteiger partial charge in [-0.05, 0) is 57.1 Å². The third kappa shape index (κ3) is 5.17. The maximum Gasteiger partial charge on any atom is 0.410 e. The van der Waals surface area contributed by atoms with E-state index in [4.69, 9.17) is 9.47 Å². The summed E-state index contributed by atoms with van der Waals surface area (Å²) < 4.78 is 13.1. The summed E-state index contributed by atoms with van der Waals surface area (Å²) in [5, 5.41) is 17.5. The number of piperidine rings is 1. The molecule has 2 aliphatic rings. The minimum absolute atomic E-state index is 0.0623. The normalized spacial score (nSPS) is 21.2. The lowest BCUT2D eigenvalue weighted by molar-refractivity contribution is -0.143. The zero-order valence-corrected chi connectivity index (χ0v) is 18.3. The molecule has 0 aromatic carbocycles. The summed E-state index contributed by atoms with van der Waals surface area (Å²) in [6.07, 6.45) is 7.20. The number of carboxylic acid groups (broad SMARTS) is 1. The third-order valence-corrected chi connectivity index (χ3v) is 6.15. The van der Waals surface area contributed by atoms with Crippen LogP contribution in [0.5, 0.6) is 5.75 Å². The fraction of sp³-hybridized carbons (Fsp3) is 0.591. The van der Waals surface area contributed by atoms with E-state index >= 15 is 0 Å². The second-order valence-corrected chi connectivity index (χ2v) is 8.43. The number of ether oxygens (including phenoxy) is 2. The van der Waals surface area contributed by atoms with Crippen LogP contribution < -0.4 is 4.74 Å². The number of carbonyl (C=O) groups is 2. The van der Waals surface area contributed by atoms with Gasteiger partial charge in [0.25, 0.3) is 0 Å². The highest BCUT2D eigenvalue weighted by Crippen LogP contribution is 2.29. The predicted octanol–water partition coefficient (Wildman–Crippen LogP) is 3.02. The number of nitrogens with zero attached hydrogens (tertiary/aromatic N) is 5. The van der Waals surface area contributed by atoms with E-state index in [-0.39, 0.29) is 24.7 Å². The van der Waals surface area contributed by atoms with Crippen LogP contribution in [-0.2, 0) is 23.2 Å². The Kier molecular flexibility index (Phi) is 6.87. The highest BCUT2D eigenvalue weighted by Gasteiger charge is 2.28. The fourth-order valence-electron chi connectivity index (χ4n) is 4.29. The van der Waals surface area contributed by atoms with Crippen molar-refractivity contribution in [1.82, 2.24) is 24.9 Å². The minimum atomic E-state index is -0.761. The second-order valence-electron chi connectivity index (χ2n) is 8.43. The number of carboxylic acids is 1. The van der Waals surface area contributed by atoms with Crippen LogP contribution in [-0.4, -0.2) is 61.2 Å². The zero-order chi connectivity index (χ0) is 22.5. The molecule has 10 heteroatoms. The molecule has 172 valence electrons. The Morgan fingerprint density at radius 3 is 2.69 bits per heavy atom. The van der Waals surface area contributed by atoms with Crippen LogP contribution in [0.3, 0.4) is 0 Å². The average molecular weight is 444 g/mol. The summed E-state index contributed by atoms with van der Waals surface area (Å²) in [4.78, 5) is 29.8. The van der Waals surface area contributed by atoms with Crippen molar-refractivity contribution < 1.29 is 24.2 Å². The molecule has 1 aliphatic carbocycles. The number of aryl methyl sites for hydroxylation is 1. The molecule has 2 aromatic heterocycles. The minimum Gasteiger partial charge on any atom is -0.489 e. The Balaban J connectivity index is 1.39. The molecule has 10 nitrogen and oxygen atoms in total. The van der Waals surface area contributed by atoms with Crippen molar-refractivity contribution in [2.75, 3.05) is 13.1 Å². The summed E-state index contributed by atoms with van der Waals surface area (Å²) in [5.41, 5.74) is 1.81. The van der Waals surface area contributed by atoms with Crippen LogP contribution in [0.1, 0.15) is 50.6 Å². The molecule has 0 spiro atoms. The largest absolute Gasteiger partial charge is 0.489 e. The van der Waals surface area contributed by atoms with Crippen LogP contribution in [0.25, 0.3) is 11.4 Å². The van der Waals surface area contributed by atoms with Gasteiger partial charge in [0, 0.05) is 20.1 Å². The van der Waals surface area contributed by atoms with Gasteiger partial charge in [0.1, 0.15) is 23.7 Å². The lowest BCUT2D eigenvalue weighted by atomic mass is 9.87. The quantitative estimate of drug-likeness (QED) is 0.723. The molecule has 3 heterocycles. The number of pyridine rings is 1. The Hall–Kier alpha value is -3.17. The van der Waals surface area contributed by atoms with Crippen LogP contribution >= 0.6 is 0 Å². The second kappa shape index (κ2) is 9.97. The highest BCUT2D eigenvalue weighted by atomic mass is 16.6. The van der Waals surface area contributed by atoms with Gasteiger partial charge in [0.05, 0.1) is 23.9 Å². The molecule has 0 bridgehead atoms. The van der Waals surface area contributed by atoms with Crippen molar-refractivity contribution in [2.24, 2.45) is 13.0 Å². The van der Waals surface area contributed by atoms with Gasteiger partial charge in [-0.25, -0.2) is 9.48 Å². The Morgan fingerprint density at radius 1 is 1.16 bits per heavy atom. The molecule has 32 heavy (non-hydrogen) atoms. The standard InChI is InChI=1S/C22H29N5O5/c1-26-19(14-31-22(30)27-10-3-2-4-11-27)20(24-25-26)18-9-8-17(13-23-18)32-16-7-5-6-15(12-16)21(28)29/h8-9,13,15-16H,2-7,10-12,14H2,1H3,(H,28,29)/t15-,16-/m0/s1. The first-order valence-corrected chi connectivity index (χ1v) is 11.2. The van der Waals surface area contributed by atoms with E-state index in [2.05, 4.69) is 15.3 Å². The van der Waals surface area contributed by atoms with Gasteiger partial charge in [0.15, 0.2) is 0 Å². The van der Waals surface area contributed by atoms with Gasteiger partial charge in [-0.2, -0.15) is 0 Å². The van der Waals surface area contributed by atoms with Crippen molar-refractivity contribution in [3.8, 4) is 17.1 Å². The number of hydrogen-bond acceptors (Lipinski definition) is 7. The van der Waals surface area contributed by atoms with E-state index in [1.807, 2.05) is 0 Å². The van der Waals surface area contributed by atoms with Crippen LogP contribution in [0.15, 0.2) is 18.3 Å². The lowest BCUT2D eigenvalue weighted by Crippen LogP contribution is -2.36. The molecule has 0 radical (unpaired) electrons.